The number of carbonyl (C=O) groups excluding carboxylic acids is 1. The molecule has 1 aliphatic rings. The zero-order valence-corrected chi connectivity index (χ0v) is 19.1. The molecule has 1 aliphatic carbocycles. The molecule has 7 nitrogen and oxygen atoms in total. The van der Waals surface area contributed by atoms with Crippen LogP contribution in [0, 0.1) is 0 Å². The van der Waals surface area contributed by atoms with Crippen molar-refractivity contribution in [2.75, 3.05) is 20.8 Å². The Bertz CT molecular complexity index is 1150. The summed E-state index contributed by atoms with van der Waals surface area (Å²) in [6.07, 6.45) is -0.174. The van der Waals surface area contributed by atoms with Crippen molar-refractivity contribution in [3.63, 3.8) is 0 Å². The molecule has 7 heteroatoms. The third-order valence-electron chi connectivity index (χ3n) is 6.13. The maximum atomic E-state index is 12.5. The molecule has 0 bridgehead atoms. The number of fused-ring (bicyclic) bond motifs is 3. The molecule has 0 heterocycles. The number of carboxylic acids is 1. The van der Waals surface area contributed by atoms with E-state index in [0.29, 0.717) is 17.9 Å². The zero-order valence-electron chi connectivity index (χ0n) is 19.1. The lowest BCUT2D eigenvalue weighted by Gasteiger charge is -2.18. The van der Waals surface area contributed by atoms with Gasteiger partial charge in [-0.3, -0.25) is 0 Å². The highest BCUT2D eigenvalue weighted by atomic mass is 16.5. The summed E-state index contributed by atoms with van der Waals surface area (Å²) in [7, 11) is 3.11. The SMILES string of the molecule is COc1ccc(CC[C@@H](NC(=O)OCC2c3ccccc3-c3ccccc32)C(=O)O)c(OC)c1. The second-order valence-corrected chi connectivity index (χ2v) is 8.08. The van der Waals surface area contributed by atoms with Gasteiger partial charge >= 0.3 is 12.1 Å². The van der Waals surface area contributed by atoms with Gasteiger partial charge in [0.05, 0.1) is 14.2 Å². The molecule has 34 heavy (non-hydrogen) atoms. The van der Waals surface area contributed by atoms with Gasteiger partial charge in [0, 0.05) is 12.0 Å². The van der Waals surface area contributed by atoms with Crippen LogP contribution in [0.2, 0.25) is 0 Å². The second kappa shape index (κ2) is 10.3. The summed E-state index contributed by atoms with van der Waals surface area (Å²) in [5, 5.41) is 12.1. The average Bonchev–Trinajstić information content (AvgIpc) is 3.18. The lowest BCUT2D eigenvalue weighted by Crippen LogP contribution is -2.41. The van der Waals surface area contributed by atoms with Crippen molar-refractivity contribution in [1.29, 1.82) is 0 Å². The van der Waals surface area contributed by atoms with E-state index in [1.54, 1.807) is 26.4 Å². The molecule has 0 spiro atoms. The summed E-state index contributed by atoms with van der Waals surface area (Å²) in [5.41, 5.74) is 5.27. The number of benzene rings is 3. The number of hydrogen-bond acceptors (Lipinski definition) is 5. The molecule has 0 aromatic heterocycles. The minimum Gasteiger partial charge on any atom is -0.497 e. The average molecular weight is 462 g/mol. The minimum absolute atomic E-state index is 0.0926. The van der Waals surface area contributed by atoms with Crippen LogP contribution in [-0.4, -0.2) is 44.0 Å². The molecule has 1 amide bonds. The predicted molar refractivity (Wildman–Crippen MR) is 127 cm³/mol. The summed E-state index contributed by atoms with van der Waals surface area (Å²) >= 11 is 0. The van der Waals surface area contributed by atoms with Crippen molar-refractivity contribution < 1.29 is 28.9 Å². The van der Waals surface area contributed by atoms with E-state index in [1.807, 2.05) is 42.5 Å². The van der Waals surface area contributed by atoms with Gasteiger partial charge in [-0.25, -0.2) is 9.59 Å². The standard InChI is InChI=1S/C27H27NO6/c1-32-18-13-11-17(25(15-18)33-2)12-14-24(26(29)30)28-27(31)34-16-23-21-9-5-3-7-19(21)20-8-4-6-10-22(20)23/h3-11,13,15,23-24H,12,14,16H2,1-2H3,(H,28,31)(H,29,30)/t24-/m1/s1. The molecule has 3 aromatic rings. The van der Waals surface area contributed by atoms with Crippen molar-refractivity contribution in [3.05, 3.63) is 83.4 Å². The molecule has 176 valence electrons. The van der Waals surface area contributed by atoms with Crippen molar-refractivity contribution in [2.45, 2.75) is 24.8 Å². The third kappa shape index (κ3) is 4.83. The van der Waals surface area contributed by atoms with E-state index >= 15 is 0 Å². The van der Waals surface area contributed by atoms with Crippen molar-refractivity contribution in [1.82, 2.24) is 5.32 Å². The van der Waals surface area contributed by atoms with Gasteiger partial charge in [0.25, 0.3) is 0 Å². The van der Waals surface area contributed by atoms with Gasteiger partial charge in [0.1, 0.15) is 24.1 Å². The maximum Gasteiger partial charge on any atom is 0.407 e. The number of aryl methyl sites for hydroxylation is 1. The largest absolute Gasteiger partial charge is 0.497 e. The van der Waals surface area contributed by atoms with Crippen LogP contribution in [0.4, 0.5) is 4.79 Å². The Morgan fingerprint density at radius 2 is 1.59 bits per heavy atom. The van der Waals surface area contributed by atoms with Gasteiger partial charge in [-0.05, 0) is 46.7 Å². The summed E-state index contributed by atoms with van der Waals surface area (Å²) in [4.78, 5) is 24.3. The molecule has 3 aromatic carbocycles. The van der Waals surface area contributed by atoms with E-state index in [1.165, 1.54) is 0 Å². The molecule has 0 radical (unpaired) electrons. The van der Waals surface area contributed by atoms with Crippen LogP contribution in [0.15, 0.2) is 66.7 Å². The Balaban J connectivity index is 1.38. The second-order valence-electron chi connectivity index (χ2n) is 8.08. The number of nitrogens with one attached hydrogen (secondary N) is 1. The Morgan fingerprint density at radius 3 is 2.18 bits per heavy atom. The molecule has 0 unspecified atom stereocenters. The highest BCUT2D eigenvalue weighted by molar-refractivity contribution is 5.81. The number of hydrogen-bond donors (Lipinski definition) is 2. The normalized spacial score (nSPS) is 12.9. The number of amides is 1. The molecule has 4 rings (SSSR count). The summed E-state index contributed by atoms with van der Waals surface area (Å²) in [6, 6.07) is 20.3. The van der Waals surface area contributed by atoms with Crippen LogP contribution in [-0.2, 0) is 16.0 Å². The van der Waals surface area contributed by atoms with Gasteiger partial charge in [-0.1, -0.05) is 54.6 Å². The number of carbonyl (C=O) groups is 2. The monoisotopic (exact) mass is 461 g/mol. The number of aliphatic carboxylic acids is 1. The molecule has 0 fully saturated rings. The quantitative estimate of drug-likeness (QED) is 0.483. The van der Waals surface area contributed by atoms with Crippen molar-refractivity contribution in [3.8, 4) is 22.6 Å². The number of carboxylic acid groups (broad SMARTS) is 1. The Hall–Kier alpha value is -4.00. The fourth-order valence-corrected chi connectivity index (χ4v) is 4.40. The fraction of sp³-hybridized carbons (Fsp3) is 0.259. The number of rotatable bonds is 9. The molecule has 0 saturated carbocycles. The minimum atomic E-state index is -1.12. The predicted octanol–water partition coefficient (Wildman–Crippen LogP) is 4.63. The van der Waals surface area contributed by atoms with Gasteiger partial charge in [-0.15, -0.1) is 0 Å². The van der Waals surface area contributed by atoms with E-state index < -0.39 is 18.1 Å². The first-order chi connectivity index (χ1) is 16.5. The third-order valence-corrected chi connectivity index (χ3v) is 6.13. The summed E-state index contributed by atoms with van der Waals surface area (Å²) in [6.45, 7) is 0.124. The van der Waals surface area contributed by atoms with Crippen LogP contribution >= 0.6 is 0 Å². The zero-order chi connectivity index (χ0) is 24.1. The highest BCUT2D eigenvalue weighted by Gasteiger charge is 2.29. The topological polar surface area (TPSA) is 94.1 Å². The molecule has 0 saturated heterocycles. The summed E-state index contributed by atoms with van der Waals surface area (Å²) < 4.78 is 16.1. The van der Waals surface area contributed by atoms with Crippen LogP contribution in [0.5, 0.6) is 11.5 Å². The van der Waals surface area contributed by atoms with E-state index in [9.17, 15) is 14.7 Å². The van der Waals surface area contributed by atoms with Crippen molar-refractivity contribution in [2.24, 2.45) is 0 Å². The number of ether oxygens (including phenoxy) is 3. The van der Waals surface area contributed by atoms with E-state index in [4.69, 9.17) is 14.2 Å². The first kappa shape index (κ1) is 23.2. The summed E-state index contributed by atoms with van der Waals surface area (Å²) in [5.74, 6) is 0.0303. The van der Waals surface area contributed by atoms with E-state index in [2.05, 4.69) is 17.4 Å². The Morgan fingerprint density at radius 1 is 0.941 bits per heavy atom. The van der Waals surface area contributed by atoms with E-state index in [0.717, 1.165) is 27.8 Å². The molecular formula is C27H27NO6. The maximum absolute atomic E-state index is 12.5. The van der Waals surface area contributed by atoms with Gasteiger partial charge in [-0.2, -0.15) is 0 Å². The molecule has 0 aliphatic heterocycles. The van der Waals surface area contributed by atoms with Crippen LogP contribution < -0.4 is 14.8 Å². The van der Waals surface area contributed by atoms with Crippen LogP contribution in [0.25, 0.3) is 11.1 Å². The number of methoxy groups -OCH3 is 2. The highest BCUT2D eigenvalue weighted by Crippen LogP contribution is 2.44. The van der Waals surface area contributed by atoms with Crippen LogP contribution in [0.1, 0.15) is 29.0 Å². The van der Waals surface area contributed by atoms with E-state index in [-0.39, 0.29) is 18.9 Å². The first-order valence-electron chi connectivity index (χ1n) is 11.1. The van der Waals surface area contributed by atoms with Gasteiger partial charge < -0.3 is 24.6 Å². The fourth-order valence-electron chi connectivity index (χ4n) is 4.40. The lowest BCUT2D eigenvalue weighted by atomic mass is 9.98. The van der Waals surface area contributed by atoms with Crippen molar-refractivity contribution >= 4 is 12.1 Å². The lowest BCUT2D eigenvalue weighted by molar-refractivity contribution is -0.139. The number of alkyl carbamates (subject to hydrolysis) is 1. The van der Waals surface area contributed by atoms with Gasteiger partial charge in [0.15, 0.2) is 0 Å². The molecule has 1 atom stereocenters. The Labute approximate surface area is 198 Å². The first-order valence-corrected chi connectivity index (χ1v) is 11.1. The molecule has 2 N–H and O–H groups in total. The van der Waals surface area contributed by atoms with Crippen LogP contribution in [0.3, 0.4) is 0 Å². The molecular weight excluding hydrogens is 434 g/mol. The van der Waals surface area contributed by atoms with Gasteiger partial charge in [0.2, 0.25) is 0 Å². The smallest absolute Gasteiger partial charge is 0.407 e. The Kier molecular flexibility index (Phi) is 7.01.